The molecule has 15 heavy (non-hydrogen) atoms. The van der Waals surface area contributed by atoms with Crippen LogP contribution in [0.2, 0.25) is 5.02 Å². The van der Waals surface area contributed by atoms with E-state index in [0.717, 1.165) is 12.0 Å². The van der Waals surface area contributed by atoms with Crippen molar-refractivity contribution in [1.82, 2.24) is 5.32 Å². The molecule has 1 unspecified atom stereocenters. The lowest BCUT2D eigenvalue weighted by atomic mass is 10.0. The number of halogens is 1. The van der Waals surface area contributed by atoms with Crippen molar-refractivity contribution in [2.45, 2.75) is 19.4 Å². The molecule has 1 atom stereocenters. The van der Waals surface area contributed by atoms with Gasteiger partial charge in [0.1, 0.15) is 0 Å². The standard InChI is InChI=1S/C12H14ClNO/c1-3-11(14-12(15)4-2)9-6-5-7-10(13)8-9/h4-8,11H,2-3H2,1H3,(H,14,15). The molecule has 0 fully saturated rings. The summed E-state index contributed by atoms with van der Waals surface area (Å²) in [5, 5.41) is 3.52. The van der Waals surface area contributed by atoms with Crippen LogP contribution < -0.4 is 5.32 Å². The van der Waals surface area contributed by atoms with E-state index in [1.54, 1.807) is 0 Å². The molecule has 0 saturated heterocycles. The lowest BCUT2D eigenvalue weighted by Gasteiger charge is -2.16. The molecule has 0 aliphatic carbocycles. The molecule has 0 spiro atoms. The fraction of sp³-hybridized carbons (Fsp3) is 0.250. The third kappa shape index (κ3) is 3.40. The summed E-state index contributed by atoms with van der Waals surface area (Å²) in [5.41, 5.74) is 1.01. The molecule has 1 aromatic carbocycles. The Morgan fingerprint density at radius 3 is 2.93 bits per heavy atom. The summed E-state index contributed by atoms with van der Waals surface area (Å²) in [4.78, 5) is 11.2. The molecule has 0 aromatic heterocycles. The first kappa shape index (κ1) is 11.8. The van der Waals surface area contributed by atoms with Crippen LogP contribution in [0.4, 0.5) is 0 Å². The van der Waals surface area contributed by atoms with Crippen molar-refractivity contribution >= 4 is 17.5 Å². The second-order valence-corrected chi connectivity index (χ2v) is 3.66. The minimum absolute atomic E-state index is 0.00537. The maximum atomic E-state index is 11.2. The van der Waals surface area contributed by atoms with Crippen LogP contribution in [0.3, 0.4) is 0 Å². The van der Waals surface area contributed by atoms with E-state index in [-0.39, 0.29) is 11.9 Å². The average molecular weight is 224 g/mol. The third-order valence-corrected chi connectivity index (χ3v) is 2.40. The van der Waals surface area contributed by atoms with Gasteiger partial charge in [0.05, 0.1) is 6.04 Å². The maximum absolute atomic E-state index is 11.2. The van der Waals surface area contributed by atoms with E-state index in [0.29, 0.717) is 5.02 Å². The molecule has 80 valence electrons. The Morgan fingerprint density at radius 2 is 2.40 bits per heavy atom. The van der Waals surface area contributed by atoms with Gasteiger partial charge in [0, 0.05) is 5.02 Å². The minimum Gasteiger partial charge on any atom is -0.346 e. The number of hydrogen-bond acceptors (Lipinski definition) is 1. The summed E-state index contributed by atoms with van der Waals surface area (Å²) in [7, 11) is 0. The van der Waals surface area contributed by atoms with Gasteiger partial charge < -0.3 is 5.32 Å². The molecular weight excluding hydrogens is 210 g/mol. The highest BCUT2D eigenvalue weighted by Gasteiger charge is 2.10. The molecule has 0 saturated carbocycles. The molecule has 0 heterocycles. The van der Waals surface area contributed by atoms with Crippen LogP contribution in [0.25, 0.3) is 0 Å². The highest BCUT2D eigenvalue weighted by molar-refractivity contribution is 6.30. The lowest BCUT2D eigenvalue weighted by molar-refractivity contribution is -0.117. The molecule has 2 nitrogen and oxygen atoms in total. The fourth-order valence-electron chi connectivity index (χ4n) is 1.38. The normalized spacial score (nSPS) is 11.9. The highest BCUT2D eigenvalue weighted by atomic mass is 35.5. The zero-order chi connectivity index (χ0) is 11.3. The summed E-state index contributed by atoms with van der Waals surface area (Å²) < 4.78 is 0. The minimum atomic E-state index is -0.165. The molecule has 1 rings (SSSR count). The van der Waals surface area contributed by atoms with Crippen LogP contribution >= 0.6 is 11.6 Å². The molecule has 0 aliphatic rings. The zero-order valence-corrected chi connectivity index (χ0v) is 9.42. The van der Waals surface area contributed by atoms with Crippen molar-refractivity contribution in [3.8, 4) is 0 Å². The SMILES string of the molecule is C=CC(=O)NC(CC)c1cccc(Cl)c1. The molecular formula is C12H14ClNO. The Labute approximate surface area is 94.9 Å². The van der Waals surface area contributed by atoms with Gasteiger partial charge in [0.25, 0.3) is 0 Å². The number of rotatable bonds is 4. The van der Waals surface area contributed by atoms with Crippen LogP contribution in [0, 0.1) is 0 Å². The van der Waals surface area contributed by atoms with Crippen LogP contribution in [-0.4, -0.2) is 5.91 Å². The summed E-state index contributed by atoms with van der Waals surface area (Å²) in [5.74, 6) is -0.165. The Balaban J connectivity index is 2.82. The van der Waals surface area contributed by atoms with Crippen LogP contribution in [0.1, 0.15) is 24.9 Å². The highest BCUT2D eigenvalue weighted by Crippen LogP contribution is 2.20. The topological polar surface area (TPSA) is 29.1 Å². The average Bonchev–Trinajstić information content (AvgIpc) is 2.25. The van der Waals surface area contributed by atoms with Crippen LogP contribution in [0.5, 0.6) is 0 Å². The molecule has 1 N–H and O–H groups in total. The van der Waals surface area contributed by atoms with Crippen molar-refractivity contribution in [3.63, 3.8) is 0 Å². The van der Waals surface area contributed by atoms with E-state index in [9.17, 15) is 4.79 Å². The molecule has 0 radical (unpaired) electrons. The van der Waals surface area contributed by atoms with Gasteiger partial charge in [-0.05, 0) is 30.2 Å². The number of nitrogens with one attached hydrogen (secondary N) is 1. The number of carbonyl (C=O) groups excluding carboxylic acids is 1. The van der Waals surface area contributed by atoms with Crippen molar-refractivity contribution in [1.29, 1.82) is 0 Å². The van der Waals surface area contributed by atoms with Crippen LogP contribution in [-0.2, 0) is 4.79 Å². The molecule has 0 aliphatic heterocycles. The van der Waals surface area contributed by atoms with E-state index in [2.05, 4.69) is 11.9 Å². The van der Waals surface area contributed by atoms with Crippen LogP contribution in [0.15, 0.2) is 36.9 Å². The first-order valence-electron chi connectivity index (χ1n) is 4.85. The van der Waals surface area contributed by atoms with Gasteiger partial charge in [0.15, 0.2) is 0 Å². The van der Waals surface area contributed by atoms with Gasteiger partial charge in [-0.2, -0.15) is 0 Å². The van der Waals surface area contributed by atoms with Gasteiger partial charge in [-0.3, -0.25) is 4.79 Å². The van der Waals surface area contributed by atoms with E-state index < -0.39 is 0 Å². The largest absolute Gasteiger partial charge is 0.346 e. The van der Waals surface area contributed by atoms with Crippen molar-refractivity contribution in [2.75, 3.05) is 0 Å². The number of amides is 1. The van der Waals surface area contributed by atoms with E-state index >= 15 is 0 Å². The second-order valence-electron chi connectivity index (χ2n) is 3.23. The predicted molar refractivity (Wildman–Crippen MR) is 62.8 cm³/mol. The van der Waals surface area contributed by atoms with Gasteiger partial charge in [-0.1, -0.05) is 37.2 Å². The molecule has 1 amide bonds. The Hall–Kier alpha value is -1.28. The van der Waals surface area contributed by atoms with Gasteiger partial charge in [-0.25, -0.2) is 0 Å². The van der Waals surface area contributed by atoms with Crippen molar-refractivity contribution in [3.05, 3.63) is 47.5 Å². The van der Waals surface area contributed by atoms with Gasteiger partial charge >= 0.3 is 0 Å². The summed E-state index contributed by atoms with van der Waals surface area (Å²) in [6.07, 6.45) is 2.09. The predicted octanol–water partition coefficient (Wildman–Crippen LogP) is 3.09. The smallest absolute Gasteiger partial charge is 0.243 e. The second kappa shape index (κ2) is 5.56. The van der Waals surface area contributed by atoms with Gasteiger partial charge in [-0.15, -0.1) is 0 Å². The summed E-state index contributed by atoms with van der Waals surface area (Å²) in [6, 6.07) is 7.49. The molecule has 1 aromatic rings. The van der Waals surface area contributed by atoms with E-state index in [4.69, 9.17) is 11.6 Å². The summed E-state index contributed by atoms with van der Waals surface area (Å²) in [6.45, 7) is 5.43. The first-order chi connectivity index (χ1) is 7.17. The quantitative estimate of drug-likeness (QED) is 0.781. The maximum Gasteiger partial charge on any atom is 0.243 e. The summed E-state index contributed by atoms with van der Waals surface area (Å²) >= 11 is 5.88. The number of benzene rings is 1. The number of hydrogen-bond donors (Lipinski definition) is 1. The molecule has 0 bridgehead atoms. The Kier molecular flexibility index (Phi) is 4.37. The Bertz CT molecular complexity index is 362. The zero-order valence-electron chi connectivity index (χ0n) is 8.66. The van der Waals surface area contributed by atoms with Crippen molar-refractivity contribution in [2.24, 2.45) is 0 Å². The third-order valence-electron chi connectivity index (χ3n) is 2.16. The fourth-order valence-corrected chi connectivity index (χ4v) is 1.57. The molecule has 3 heteroatoms. The van der Waals surface area contributed by atoms with Crippen molar-refractivity contribution < 1.29 is 4.79 Å². The first-order valence-corrected chi connectivity index (χ1v) is 5.23. The number of carbonyl (C=O) groups is 1. The lowest BCUT2D eigenvalue weighted by Crippen LogP contribution is -2.26. The Morgan fingerprint density at radius 1 is 1.67 bits per heavy atom. The van der Waals surface area contributed by atoms with Gasteiger partial charge in [0.2, 0.25) is 5.91 Å². The monoisotopic (exact) mass is 223 g/mol. The van der Waals surface area contributed by atoms with E-state index in [1.165, 1.54) is 6.08 Å². The van der Waals surface area contributed by atoms with E-state index in [1.807, 2.05) is 31.2 Å².